The monoisotopic (exact) mass is 477 g/mol. The SMILES string of the molecule is CC(C)ON=C(CNC(=O)c1ccccc1C(F)(F)F)c1ncc(Br)cc1Cl. The van der Waals surface area contributed by atoms with Gasteiger partial charge >= 0.3 is 6.18 Å². The molecule has 0 radical (unpaired) electrons. The number of carbonyl (C=O) groups is 1. The summed E-state index contributed by atoms with van der Waals surface area (Å²) in [7, 11) is 0. The van der Waals surface area contributed by atoms with Gasteiger partial charge in [-0.1, -0.05) is 28.9 Å². The summed E-state index contributed by atoms with van der Waals surface area (Å²) in [6.07, 6.45) is -3.43. The lowest BCUT2D eigenvalue weighted by atomic mass is 10.1. The Balaban J connectivity index is 2.27. The molecule has 1 amide bonds. The fourth-order valence-electron chi connectivity index (χ4n) is 2.14. The highest BCUT2D eigenvalue weighted by atomic mass is 79.9. The van der Waals surface area contributed by atoms with Crippen molar-refractivity contribution in [2.24, 2.45) is 5.16 Å². The van der Waals surface area contributed by atoms with Gasteiger partial charge in [0, 0.05) is 10.7 Å². The van der Waals surface area contributed by atoms with Crippen LogP contribution >= 0.6 is 27.5 Å². The van der Waals surface area contributed by atoms with Crippen molar-refractivity contribution in [3.63, 3.8) is 0 Å². The zero-order valence-corrected chi connectivity index (χ0v) is 17.2. The third-order valence-electron chi connectivity index (χ3n) is 3.35. The quantitative estimate of drug-likeness (QED) is 0.465. The molecule has 0 unspecified atom stereocenters. The molecule has 1 heterocycles. The zero-order chi connectivity index (χ0) is 20.9. The van der Waals surface area contributed by atoms with Crippen LogP contribution in [0.3, 0.4) is 0 Å². The number of hydrogen-bond donors (Lipinski definition) is 1. The van der Waals surface area contributed by atoms with Gasteiger partial charge in [-0.3, -0.25) is 9.78 Å². The van der Waals surface area contributed by atoms with E-state index >= 15 is 0 Å². The van der Waals surface area contributed by atoms with Gasteiger partial charge in [-0.2, -0.15) is 13.2 Å². The predicted octanol–water partition coefficient (Wildman–Crippen LogP) is 5.08. The van der Waals surface area contributed by atoms with E-state index in [1.165, 1.54) is 18.3 Å². The number of alkyl halides is 3. The number of nitrogens with one attached hydrogen (secondary N) is 1. The van der Waals surface area contributed by atoms with Crippen molar-refractivity contribution in [1.29, 1.82) is 0 Å². The first-order valence-electron chi connectivity index (χ1n) is 8.08. The first-order valence-corrected chi connectivity index (χ1v) is 9.25. The van der Waals surface area contributed by atoms with E-state index < -0.39 is 23.2 Å². The molecule has 28 heavy (non-hydrogen) atoms. The number of nitrogens with zero attached hydrogens (tertiary/aromatic N) is 2. The van der Waals surface area contributed by atoms with E-state index in [9.17, 15) is 18.0 Å². The summed E-state index contributed by atoms with van der Waals surface area (Å²) in [5, 5.41) is 6.59. The van der Waals surface area contributed by atoms with Crippen molar-refractivity contribution in [2.45, 2.75) is 26.1 Å². The number of carbonyl (C=O) groups excluding carboxylic acids is 1. The molecule has 1 aromatic heterocycles. The number of amides is 1. The topological polar surface area (TPSA) is 63.6 Å². The molecule has 0 aliphatic rings. The molecule has 0 aliphatic carbocycles. The molecular formula is C18H16BrClF3N3O2. The molecule has 10 heteroatoms. The Hall–Kier alpha value is -2.13. The van der Waals surface area contributed by atoms with Crippen LogP contribution in [0.1, 0.15) is 35.5 Å². The maximum absolute atomic E-state index is 13.1. The van der Waals surface area contributed by atoms with E-state index in [-0.39, 0.29) is 29.1 Å². The lowest BCUT2D eigenvalue weighted by Gasteiger charge is -2.14. The first-order chi connectivity index (χ1) is 13.1. The van der Waals surface area contributed by atoms with E-state index in [0.717, 1.165) is 12.1 Å². The molecule has 0 aliphatic heterocycles. The van der Waals surface area contributed by atoms with Gasteiger partial charge in [0.1, 0.15) is 17.5 Å². The van der Waals surface area contributed by atoms with Gasteiger partial charge in [-0.25, -0.2) is 0 Å². The molecule has 150 valence electrons. The van der Waals surface area contributed by atoms with Crippen molar-refractivity contribution in [1.82, 2.24) is 10.3 Å². The fourth-order valence-corrected chi connectivity index (χ4v) is 2.88. The Morgan fingerprint density at radius 1 is 1.36 bits per heavy atom. The zero-order valence-electron chi connectivity index (χ0n) is 14.8. The minimum absolute atomic E-state index is 0.170. The number of hydrogen-bond acceptors (Lipinski definition) is 4. The average molecular weight is 479 g/mol. The van der Waals surface area contributed by atoms with E-state index in [1.54, 1.807) is 19.9 Å². The van der Waals surface area contributed by atoms with Gasteiger partial charge < -0.3 is 10.2 Å². The lowest BCUT2D eigenvalue weighted by molar-refractivity contribution is -0.137. The van der Waals surface area contributed by atoms with E-state index in [0.29, 0.717) is 4.47 Å². The van der Waals surface area contributed by atoms with Crippen LogP contribution in [-0.4, -0.2) is 29.3 Å². The molecule has 0 atom stereocenters. The highest BCUT2D eigenvalue weighted by molar-refractivity contribution is 9.10. The number of pyridine rings is 1. The summed E-state index contributed by atoms with van der Waals surface area (Å²) >= 11 is 9.40. The molecule has 1 aromatic carbocycles. The maximum Gasteiger partial charge on any atom is 0.417 e. The van der Waals surface area contributed by atoms with Crippen molar-refractivity contribution in [3.8, 4) is 0 Å². The number of aromatic nitrogens is 1. The standard InChI is InChI=1S/C18H16BrClF3N3O2/c1-10(2)28-26-15(16-14(20)7-11(19)8-24-16)9-25-17(27)12-5-3-4-6-13(12)18(21,22)23/h3-8,10H,9H2,1-2H3,(H,25,27). The van der Waals surface area contributed by atoms with Crippen molar-refractivity contribution in [3.05, 3.63) is 62.8 Å². The summed E-state index contributed by atoms with van der Waals surface area (Å²) in [6.45, 7) is 3.26. The second-order valence-electron chi connectivity index (χ2n) is 5.90. The van der Waals surface area contributed by atoms with Crippen molar-refractivity contribution >= 4 is 39.1 Å². The van der Waals surface area contributed by atoms with Gasteiger partial charge in [0.15, 0.2) is 0 Å². The Kier molecular flexibility index (Phi) is 7.42. The lowest BCUT2D eigenvalue weighted by Crippen LogP contribution is -2.32. The largest absolute Gasteiger partial charge is 0.417 e. The highest BCUT2D eigenvalue weighted by Crippen LogP contribution is 2.31. The molecule has 5 nitrogen and oxygen atoms in total. The Bertz CT molecular complexity index is 889. The summed E-state index contributed by atoms with van der Waals surface area (Å²) in [5.74, 6) is -0.904. The number of benzene rings is 1. The van der Waals surface area contributed by atoms with Crippen LogP contribution in [-0.2, 0) is 11.0 Å². The fraction of sp³-hybridized carbons (Fsp3) is 0.278. The molecule has 0 fully saturated rings. The van der Waals surface area contributed by atoms with Gasteiger partial charge in [-0.05, 0) is 48.0 Å². The summed E-state index contributed by atoms with van der Waals surface area (Å²) in [4.78, 5) is 21.7. The Labute approximate surface area is 173 Å². The van der Waals surface area contributed by atoms with Crippen LogP contribution in [0, 0.1) is 0 Å². The maximum atomic E-state index is 13.1. The molecule has 0 saturated carbocycles. The van der Waals surface area contributed by atoms with Crippen LogP contribution in [0.25, 0.3) is 0 Å². The van der Waals surface area contributed by atoms with Crippen LogP contribution < -0.4 is 5.32 Å². The minimum Gasteiger partial charge on any atom is -0.393 e. The van der Waals surface area contributed by atoms with Gasteiger partial charge in [0.2, 0.25) is 0 Å². The Morgan fingerprint density at radius 3 is 2.64 bits per heavy atom. The van der Waals surface area contributed by atoms with Gasteiger partial charge in [0.25, 0.3) is 5.91 Å². The van der Waals surface area contributed by atoms with Crippen LogP contribution in [0.15, 0.2) is 46.2 Å². The highest BCUT2D eigenvalue weighted by Gasteiger charge is 2.34. The van der Waals surface area contributed by atoms with Crippen molar-refractivity contribution < 1.29 is 22.8 Å². The summed E-state index contributed by atoms with van der Waals surface area (Å²) < 4.78 is 40.0. The minimum atomic E-state index is -4.65. The normalized spacial score (nSPS) is 12.2. The molecule has 0 bridgehead atoms. The first kappa shape index (κ1) is 22.2. The molecule has 2 rings (SSSR count). The van der Waals surface area contributed by atoms with E-state index in [4.69, 9.17) is 16.4 Å². The molecule has 1 N–H and O–H groups in total. The predicted molar refractivity (Wildman–Crippen MR) is 103 cm³/mol. The van der Waals surface area contributed by atoms with Crippen LogP contribution in [0.2, 0.25) is 5.02 Å². The molecule has 2 aromatic rings. The average Bonchev–Trinajstić information content (AvgIpc) is 2.61. The van der Waals surface area contributed by atoms with Gasteiger partial charge in [0.05, 0.1) is 22.7 Å². The molecular weight excluding hydrogens is 463 g/mol. The second-order valence-corrected chi connectivity index (χ2v) is 7.23. The molecule has 0 spiro atoms. The second kappa shape index (κ2) is 9.38. The smallest absolute Gasteiger partial charge is 0.393 e. The molecule has 0 saturated heterocycles. The summed E-state index contributed by atoms with van der Waals surface area (Å²) in [6, 6.07) is 6.10. The van der Waals surface area contributed by atoms with Gasteiger partial charge in [-0.15, -0.1) is 0 Å². The third-order valence-corrected chi connectivity index (χ3v) is 4.07. The van der Waals surface area contributed by atoms with E-state index in [2.05, 4.69) is 31.4 Å². The Morgan fingerprint density at radius 2 is 2.04 bits per heavy atom. The summed E-state index contributed by atoms with van der Waals surface area (Å²) in [5.41, 5.74) is -1.10. The third kappa shape index (κ3) is 5.93. The number of rotatable bonds is 6. The van der Waals surface area contributed by atoms with Crippen LogP contribution in [0.4, 0.5) is 13.2 Å². The van der Waals surface area contributed by atoms with E-state index in [1.807, 2.05) is 0 Å². The van der Waals surface area contributed by atoms with Crippen LogP contribution in [0.5, 0.6) is 0 Å². The number of oxime groups is 1. The number of halogens is 5. The van der Waals surface area contributed by atoms with Crippen molar-refractivity contribution in [2.75, 3.05) is 6.54 Å².